The third-order valence-electron chi connectivity index (χ3n) is 2.94. The molecule has 1 aromatic carbocycles. The van der Waals surface area contributed by atoms with Gasteiger partial charge in [-0.25, -0.2) is 4.79 Å². The molecule has 2 rings (SSSR count). The van der Waals surface area contributed by atoms with E-state index in [1.54, 1.807) is 4.90 Å². The van der Waals surface area contributed by atoms with Crippen LogP contribution in [-0.2, 0) is 11.3 Å². The lowest BCUT2D eigenvalue weighted by Crippen LogP contribution is -2.29. The largest absolute Gasteiger partial charge is 0.445 e. The van der Waals surface area contributed by atoms with Gasteiger partial charge >= 0.3 is 6.09 Å². The number of nitrogens with zero attached hydrogens (tertiary/aromatic N) is 1. The predicted octanol–water partition coefficient (Wildman–Crippen LogP) is 2.76. The van der Waals surface area contributed by atoms with E-state index in [2.05, 4.69) is 6.26 Å². The SMILES string of the molecule is CS[C@H]1CCN(C(=O)OCc2ccccc2)C1. The number of carbonyl (C=O) groups excluding carboxylic acids is 1. The van der Waals surface area contributed by atoms with E-state index in [1.165, 1.54) is 0 Å². The first-order chi connectivity index (χ1) is 8.29. The molecule has 0 aromatic heterocycles. The monoisotopic (exact) mass is 251 g/mol. The minimum atomic E-state index is -0.189. The van der Waals surface area contributed by atoms with Crippen LogP contribution in [0.4, 0.5) is 4.79 Å². The summed E-state index contributed by atoms with van der Waals surface area (Å²) in [5.74, 6) is 0. The molecule has 0 aliphatic carbocycles. The first-order valence-electron chi connectivity index (χ1n) is 5.78. The summed E-state index contributed by atoms with van der Waals surface area (Å²) in [5.41, 5.74) is 1.03. The molecule has 0 bridgehead atoms. The summed E-state index contributed by atoms with van der Waals surface area (Å²) in [6, 6.07) is 9.77. The molecule has 1 amide bonds. The van der Waals surface area contributed by atoms with Gasteiger partial charge in [-0.1, -0.05) is 30.3 Å². The zero-order chi connectivity index (χ0) is 12.1. The number of benzene rings is 1. The van der Waals surface area contributed by atoms with Crippen molar-refractivity contribution in [3.63, 3.8) is 0 Å². The van der Waals surface area contributed by atoms with Gasteiger partial charge in [-0.3, -0.25) is 0 Å². The normalized spacial score (nSPS) is 19.4. The average molecular weight is 251 g/mol. The summed E-state index contributed by atoms with van der Waals surface area (Å²) in [7, 11) is 0. The van der Waals surface area contributed by atoms with Gasteiger partial charge in [0.15, 0.2) is 0 Å². The van der Waals surface area contributed by atoms with Crippen molar-refractivity contribution < 1.29 is 9.53 Å². The highest BCUT2D eigenvalue weighted by Gasteiger charge is 2.26. The first-order valence-corrected chi connectivity index (χ1v) is 7.07. The van der Waals surface area contributed by atoms with Crippen LogP contribution in [0, 0.1) is 0 Å². The van der Waals surface area contributed by atoms with E-state index < -0.39 is 0 Å². The number of likely N-dealkylation sites (tertiary alicyclic amines) is 1. The van der Waals surface area contributed by atoms with Crippen molar-refractivity contribution in [2.45, 2.75) is 18.3 Å². The fourth-order valence-electron chi connectivity index (χ4n) is 1.90. The van der Waals surface area contributed by atoms with Crippen LogP contribution in [-0.4, -0.2) is 35.6 Å². The molecule has 1 aliphatic heterocycles. The third kappa shape index (κ3) is 3.40. The molecule has 0 radical (unpaired) electrons. The fraction of sp³-hybridized carbons (Fsp3) is 0.462. The summed E-state index contributed by atoms with van der Waals surface area (Å²) >= 11 is 1.82. The standard InChI is InChI=1S/C13H17NO2S/c1-17-12-7-8-14(9-12)13(15)16-10-11-5-3-2-4-6-11/h2-6,12H,7-10H2,1H3/t12-/m0/s1. The Bertz CT molecular complexity index is 369. The summed E-state index contributed by atoms with van der Waals surface area (Å²) in [5, 5.41) is 0.569. The second kappa shape index (κ2) is 5.96. The van der Waals surface area contributed by atoms with Gasteiger partial charge in [0.05, 0.1) is 0 Å². The van der Waals surface area contributed by atoms with Crippen LogP contribution < -0.4 is 0 Å². The molecule has 0 spiro atoms. The highest BCUT2D eigenvalue weighted by Crippen LogP contribution is 2.20. The Morgan fingerprint density at radius 2 is 2.24 bits per heavy atom. The molecule has 92 valence electrons. The Morgan fingerprint density at radius 3 is 2.88 bits per heavy atom. The minimum absolute atomic E-state index is 0.189. The number of amides is 1. The predicted molar refractivity (Wildman–Crippen MR) is 70.1 cm³/mol. The van der Waals surface area contributed by atoms with Gasteiger partial charge in [0.2, 0.25) is 0 Å². The zero-order valence-corrected chi connectivity index (χ0v) is 10.8. The van der Waals surface area contributed by atoms with Crippen LogP contribution >= 0.6 is 11.8 Å². The van der Waals surface area contributed by atoms with Gasteiger partial charge in [-0.2, -0.15) is 11.8 Å². The lowest BCUT2D eigenvalue weighted by Gasteiger charge is -2.15. The van der Waals surface area contributed by atoms with Crippen LogP contribution in [0.5, 0.6) is 0 Å². The van der Waals surface area contributed by atoms with E-state index in [4.69, 9.17) is 4.74 Å². The van der Waals surface area contributed by atoms with Gasteiger partial charge in [0, 0.05) is 18.3 Å². The lowest BCUT2D eigenvalue weighted by molar-refractivity contribution is 0.104. The van der Waals surface area contributed by atoms with Crippen LogP contribution in [0.3, 0.4) is 0 Å². The smallest absolute Gasteiger partial charge is 0.410 e. The molecule has 1 heterocycles. The molecule has 4 heteroatoms. The molecule has 1 saturated heterocycles. The van der Waals surface area contributed by atoms with Crippen molar-refractivity contribution in [1.29, 1.82) is 0 Å². The molecule has 1 fully saturated rings. The van der Waals surface area contributed by atoms with Gasteiger partial charge in [-0.15, -0.1) is 0 Å². The van der Waals surface area contributed by atoms with E-state index >= 15 is 0 Å². The quantitative estimate of drug-likeness (QED) is 0.827. The van der Waals surface area contributed by atoms with Crippen molar-refractivity contribution in [2.24, 2.45) is 0 Å². The first kappa shape index (κ1) is 12.3. The maximum atomic E-state index is 11.8. The van der Waals surface area contributed by atoms with Crippen molar-refractivity contribution in [3.05, 3.63) is 35.9 Å². The number of thioether (sulfide) groups is 1. The van der Waals surface area contributed by atoms with Gasteiger partial charge in [-0.05, 0) is 18.2 Å². The summed E-state index contributed by atoms with van der Waals surface area (Å²) in [4.78, 5) is 13.6. The summed E-state index contributed by atoms with van der Waals surface area (Å²) < 4.78 is 5.28. The highest BCUT2D eigenvalue weighted by molar-refractivity contribution is 7.99. The van der Waals surface area contributed by atoms with Crippen molar-refractivity contribution >= 4 is 17.9 Å². The maximum absolute atomic E-state index is 11.8. The van der Waals surface area contributed by atoms with Gasteiger partial charge in [0.1, 0.15) is 6.61 Å². The Kier molecular flexibility index (Phi) is 4.31. The number of carbonyl (C=O) groups is 1. The molecule has 0 N–H and O–H groups in total. The molecular formula is C13H17NO2S. The molecule has 17 heavy (non-hydrogen) atoms. The molecule has 0 saturated carbocycles. The molecular weight excluding hydrogens is 234 g/mol. The van der Waals surface area contributed by atoms with Crippen molar-refractivity contribution in [3.8, 4) is 0 Å². The van der Waals surface area contributed by atoms with Crippen LogP contribution in [0.15, 0.2) is 30.3 Å². The number of hydrogen-bond donors (Lipinski definition) is 0. The molecule has 3 nitrogen and oxygen atoms in total. The number of hydrogen-bond acceptors (Lipinski definition) is 3. The van der Waals surface area contributed by atoms with E-state index in [9.17, 15) is 4.79 Å². The molecule has 1 atom stereocenters. The van der Waals surface area contributed by atoms with Crippen molar-refractivity contribution in [1.82, 2.24) is 4.90 Å². The maximum Gasteiger partial charge on any atom is 0.410 e. The van der Waals surface area contributed by atoms with Gasteiger partial charge in [0.25, 0.3) is 0 Å². The van der Waals surface area contributed by atoms with Crippen LogP contribution in [0.25, 0.3) is 0 Å². The molecule has 1 aromatic rings. The second-order valence-corrected chi connectivity index (χ2v) is 5.27. The highest BCUT2D eigenvalue weighted by atomic mass is 32.2. The Morgan fingerprint density at radius 1 is 1.47 bits per heavy atom. The van der Waals surface area contributed by atoms with E-state index in [0.29, 0.717) is 11.9 Å². The summed E-state index contributed by atoms with van der Waals surface area (Å²) in [6.45, 7) is 1.99. The van der Waals surface area contributed by atoms with E-state index in [-0.39, 0.29) is 6.09 Å². The number of ether oxygens (including phenoxy) is 1. The van der Waals surface area contributed by atoms with Crippen molar-refractivity contribution in [2.75, 3.05) is 19.3 Å². The summed E-state index contributed by atoms with van der Waals surface area (Å²) in [6.07, 6.45) is 2.97. The Hall–Kier alpha value is -1.16. The zero-order valence-electron chi connectivity index (χ0n) is 9.96. The number of rotatable bonds is 3. The minimum Gasteiger partial charge on any atom is -0.445 e. The Balaban J connectivity index is 1.78. The molecule has 0 unspecified atom stereocenters. The third-order valence-corrected chi connectivity index (χ3v) is 3.99. The van der Waals surface area contributed by atoms with Gasteiger partial charge < -0.3 is 9.64 Å². The van der Waals surface area contributed by atoms with E-state index in [1.807, 2.05) is 42.1 Å². The second-order valence-electron chi connectivity index (χ2n) is 4.13. The molecule has 1 aliphatic rings. The fourth-order valence-corrected chi connectivity index (χ4v) is 2.57. The van der Waals surface area contributed by atoms with Crippen LogP contribution in [0.2, 0.25) is 0 Å². The Labute approximate surface area is 106 Å². The van der Waals surface area contributed by atoms with E-state index in [0.717, 1.165) is 25.1 Å². The average Bonchev–Trinajstić information content (AvgIpc) is 2.86. The topological polar surface area (TPSA) is 29.5 Å². The van der Waals surface area contributed by atoms with Crippen LogP contribution in [0.1, 0.15) is 12.0 Å². The lowest BCUT2D eigenvalue weighted by atomic mass is 10.2.